The Kier molecular flexibility index (Phi) is 7.88. The van der Waals surface area contributed by atoms with Gasteiger partial charge in [-0.3, -0.25) is 4.99 Å². The first-order valence-corrected chi connectivity index (χ1v) is 9.46. The van der Waals surface area contributed by atoms with Crippen LogP contribution in [0.4, 0.5) is 0 Å². The number of aryl methyl sites for hydroxylation is 1. The second-order valence-corrected chi connectivity index (χ2v) is 7.93. The molecule has 0 saturated carbocycles. The summed E-state index contributed by atoms with van der Waals surface area (Å²) < 4.78 is 11.9. The summed E-state index contributed by atoms with van der Waals surface area (Å²) >= 11 is 0. The Morgan fingerprint density at radius 2 is 2.07 bits per heavy atom. The summed E-state index contributed by atoms with van der Waals surface area (Å²) in [5.41, 5.74) is 2.44. The molecule has 0 aliphatic carbocycles. The van der Waals surface area contributed by atoms with Crippen LogP contribution in [0.25, 0.3) is 0 Å². The smallest absolute Gasteiger partial charge is 0.213 e. The van der Waals surface area contributed by atoms with Crippen molar-refractivity contribution in [3.63, 3.8) is 0 Å². The molecule has 0 radical (unpaired) electrons. The van der Waals surface area contributed by atoms with Gasteiger partial charge in [0.05, 0.1) is 25.9 Å². The maximum absolute atomic E-state index is 6.02. The standard InChI is InChI=1S/C21H30N4O2.HI/c1-15-8-6-7-9-16(15)17-14-25(10-11-26-17)20(22-5)24-13-19-23-12-18(27-19)21(2,3)4;/h6-9,12,17H,10-11,13-14H2,1-5H3,(H,22,24);1H. The Morgan fingerprint density at radius 3 is 2.71 bits per heavy atom. The molecule has 2 aromatic rings. The molecule has 7 heteroatoms. The number of oxazole rings is 1. The van der Waals surface area contributed by atoms with Gasteiger partial charge < -0.3 is 19.4 Å². The molecule has 28 heavy (non-hydrogen) atoms. The van der Waals surface area contributed by atoms with Gasteiger partial charge in [-0.1, -0.05) is 45.0 Å². The van der Waals surface area contributed by atoms with Crippen molar-refractivity contribution in [3.8, 4) is 0 Å². The Bertz CT molecular complexity index is 798. The average molecular weight is 498 g/mol. The van der Waals surface area contributed by atoms with Crippen LogP contribution in [0.15, 0.2) is 39.9 Å². The first-order valence-electron chi connectivity index (χ1n) is 9.46. The Balaban J connectivity index is 0.00000280. The van der Waals surface area contributed by atoms with E-state index < -0.39 is 0 Å². The number of morpholine rings is 1. The number of nitrogens with one attached hydrogen (secondary N) is 1. The van der Waals surface area contributed by atoms with E-state index in [4.69, 9.17) is 9.15 Å². The van der Waals surface area contributed by atoms with Crippen molar-refractivity contribution in [3.05, 3.63) is 53.2 Å². The summed E-state index contributed by atoms with van der Waals surface area (Å²) in [4.78, 5) is 11.1. The number of benzene rings is 1. The van der Waals surface area contributed by atoms with E-state index in [-0.39, 0.29) is 35.5 Å². The van der Waals surface area contributed by atoms with Gasteiger partial charge in [-0.05, 0) is 18.1 Å². The molecule has 1 unspecified atom stereocenters. The van der Waals surface area contributed by atoms with Crippen LogP contribution in [0.5, 0.6) is 0 Å². The number of nitrogens with zero attached hydrogens (tertiary/aromatic N) is 3. The molecule has 1 aromatic heterocycles. The molecule has 1 aliphatic rings. The highest BCUT2D eigenvalue weighted by Gasteiger charge is 2.25. The average Bonchev–Trinajstić information content (AvgIpc) is 3.12. The number of hydrogen-bond donors (Lipinski definition) is 1. The summed E-state index contributed by atoms with van der Waals surface area (Å²) in [7, 11) is 1.80. The van der Waals surface area contributed by atoms with Crippen molar-refractivity contribution in [2.75, 3.05) is 26.7 Å². The lowest BCUT2D eigenvalue weighted by Crippen LogP contribution is -2.48. The van der Waals surface area contributed by atoms with Gasteiger partial charge in [-0.2, -0.15) is 0 Å². The highest BCUT2D eigenvalue weighted by molar-refractivity contribution is 14.0. The summed E-state index contributed by atoms with van der Waals surface area (Å²) in [6.07, 6.45) is 1.86. The SMILES string of the molecule is CN=C(NCc1ncc(C(C)(C)C)o1)N1CCOC(c2ccccc2C)C1.I. The topological polar surface area (TPSA) is 62.9 Å². The van der Waals surface area contributed by atoms with Gasteiger partial charge in [0.1, 0.15) is 11.9 Å². The van der Waals surface area contributed by atoms with E-state index in [2.05, 4.69) is 72.2 Å². The molecule has 154 valence electrons. The van der Waals surface area contributed by atoms with E-state index in [1.165, 1.54) is 11.1 Å². The zero-order chi connectivity index (χ0) is 19.4. The molecule has 1 aliphatic heterocycles. The molecule has 1 saturated heterocycles. The van der Waals surface area contributed by atoms with Crippen molar-refractivity contribution >= 4 is 29.9 Å². The third kappa shape index (κ3) is 5.47. The van der Waals surface area contributed by atoms with Crippen LogP contribution in [-0.4, -0.2) is 42.6 Å². The van der Waals surface area contributed by atoms with Crippen LogP contribution in [-0.2, 0) is 16.7 Å². The van der Waals surface area contributed by atoms with E-state index >= 15 is 0 Å². The predicted octanol–water partition coefficient (Wildman–Crippen LogP) is 4.05. The van der Waals surface area contributed by atoms with Gasteiger partial charge in [0.15, 0.2) is 5.96 Å². The zero-order valence-corrected chi connectivity index (χ0v) is 19.7. The Labute approximate surface area is 184 Å². The predicted molar refractivity (Wildman–Crippen MR) is 122 cm³/mol. The number of halogens is 1. The minimum absolute atomic E-state index is 0. The number of hydrogen-bond acceptors (Lipinski definition) is 4. The Morgan fingerprint density at radius 1 is 1.32 bits per heavy atom. The minimum Gasteiger partial charge on any atom is -0.443 e. The number of aromatic nitrogens is 1. The van der Waals surface area contributed by atoms with Crippen LogP contribution in [0.2, 0.25) is 0 Å². The van der Waals surface area contributed by atoms with Crippen molar-refractivity contribution in [1.82, 2.24) is 15.2 Å². The lowest BCUT2D eigenvalue weighted by Gasteiger charge is -2.35. The summed E-state index contributed by atoms with van der Waals surface area (Å²) in [5.74, 6) is 2.40. The quantitative estimate of drug-likeness (QED) is 0.393. The number of ether oxygens (including phenoxy) is 1. The van der Waals surface area contributed by atoms with E-state index in [1.54, 1.807) is 7.05 Å². The number of rotatable bonds is 3. The first kappa shape index (κ1) is 22.7. The fourth-order valence-corrected chi connectivity index (χ4v) is 3.20. The third-order valence-corrected chi connectivity index (χ3v) is 4.80. The Hall–Kier alpha value is -1.61. The van der Waals surface area contributed by atoms with Crippen LogP contribution in [0.3, 0.4) is 0 Å². The van der Waals surface area contributed by atoms with Crippen LogP contribution in [0, 0.1) is 6.92 Å². The van der Waals surface area contributed by atoms with Gasteiger partial charge >= 0.3 is 0 Å². The molecule has 1 atom stereocenters. The molecule has 3 rings (SSSR count). The molecule has 1 fully saturated rings. The lowest BCUT2D eigenvalue weighted by molar-refractivity contribution is -0.00837. The van der Waals surface area contributed by atoms with Gasteiger partial charge in [0.2, 0.25) is 5.89 Å². The maximum Gasteiger partial charge on any atom is 0.213 e. The first-order chi connectivity index (χ1) is 12.9. The van der Waals surface area contributed by atoms with E-state index in [0.29, 0.717) is 19.0 Å². The van der Waals surface area contributed by atoms with Crippen molar-refractivity contribution < 1.29 is 9.15 Å². The van der Waals surface area contributed by atoms with Gasteiger partial charge in [0, 0.05) is 19.0 Å². The minimum atomic E-state index is -0.0438. The molecule has 1 N–H and O–H groups in total. The van der Waals surface area contributed by atoms with E-state index in [9.17, 15) is 0 Å². The highest BCUT2D eigenvalue weighted by Crippen LogP contribution is 2.25. The van der Waals surface area contributed by atoms with Crippen LogP contribution >= 0.6 is 24.0 Å². The molecule has 6 nitrogen and oxygen atoms in total. The number of aliphatic imine (C=N–C) groups is 1. The second-order valence-electron chi connectivity index (χ2n) is 7.93. The second kappa shape index (κ2) is 9.73. The molecule has 1 aromatic carbocycles. The third-order valence-electron chi connectivity index (χ3n) is 4.80. The lowest BCUT2D eigenvalue weighted by atomic mass is 9.94. The van der Waals surface area contributed by atoms with Gasteiger partial charge in [-0.15, -0.1) is 24.0 Å². The monoisotopic (exact) mass is 498 g/mol. The highest BCUT2D eigenvalue weighted by atomic mass is 127. The van der Waals surface area contributed by atoms with Gasteiger partial charge in [0.25, 0.3) is 0 Å². The summed E-state index contributed by atoms with van der Waals surface area (Å²) in [6, 6.07) is 8.38. The van der Waals surface area contributed by atoms with E-state index in [1.807, 2.05) is 6.20 Å². The largest absolute Gasteiger partial charge is 0.443 e. The number of guanidine groups is 1. The molecule has 2 heterocycles. The molecular weight excluding hydrogens is 467 g/mol. The maximum atomic E-state index is 6.02. The summed E-state index contributed by atoms with van der Waals surface area (Å²) in [6.45, 7) is 11.2. The van der Waals surface area contributed by atoms with Crippen LogP contribution in [0.1, 0.15) is 49.7 Å². The molecule has 0 spiro atoms. The molecule has 0 bridgehead atoms. The van der Waals surface area contributed by atoms with Crippen LogP contribution < -0.4 is 5.32 Å². The fourth-order valence-electron chi connectivity index (χ4n) is 3.20. The van der Waals surface area contributed by atoms with Gasteiger partial charge in [-0.25, -0.2) is 4.98 Å². The molecule has 0 amide bonds. The van der Waals surface area contributed by atoms with Crippen molar-refractivity contribution in [1.29, 1.82) is 0 Å². The van der Waals surface area contributed by atoms with Crippen molar-refractivity contribution in [2.24, 2.45) is 4.99 Å². The van der Waals surface area contributed by atoms with Crippen molar-refractivity contribution in [2.45, 2.75) is 45.8 Å². The molecular formula is C21H31IN4O2. The normalized spacial score (nSPS) is 18.0. The van der Waals surface area contributed by atoms with E-state index in [0.717, 1.165) is 24.8 Å². The zero-order valence-electron chi connectivity index (χ0n) is 17.4. The summed E-state index contributed by atoms with van der Waals surface area (Å²) in [5, 5.41) is 3.37. The fraction of sp³-hybridized carbons (Fsp3) is 0.524.